The van der Waals surface area contributed by atoms with E-state index in [4.69, 9.17) is 10.7 Å². The molecule has 1 aliphatic carbocycles. The van der Waals surface area contributed by atoms with Crippen molar-refractivity contribution in [3.63, 3.8) is 0 Å². The molecule has 0 amide bonds. The topological polar surface area (TPSA) is 34.1 Å². The third-order valence-electron chi connectivity index (χ3n) is 2.07. The van der Waals surface area contributed by atoms with E-state index in [9.17, 15) is 12.8 Å². The molecule has 0 saturated heterocycles. The van der Waals surface area contributed by atoms with Crippen LogP contribution >= 0.6 is 10.7 Å². The maximum atomic E-state index is 13.1. The zero-order chi connectivity index (χ0) is 9.62. The number of rotatable bonds is 3. The van der Waals surface area contributed by atoms with E-state index < -0.39 is 19.5 Å². The Kier molecular flexibility index (Phi) is 2.20. The molecule has 0 radical (unpaired) electrons. The lowest BCUT2D eigenvalue weighted by molar-refractivity contribution is 0.196. The predicted octanol–water partition coefficient (Wildman–Crippen LogP) is 2.23. The summed E-state index contributed by atoms with van der Waals surface area (Å²) in [7, 11) is 1.61. The van der Waals surface area contributed by atoms with Crippen LogP contribution in [0.4, 0.5) is 4.39 Å². The van der Waals surface area contributed by atoms with Crippen molar-refractivity contribution in [3.05, 3.63) is 0 Å². The fourth-order valence-corrected chi connectivity index (χ4v) is 3.14. The molecule has 1 saturated carbocycles. The normalized spacial score (nSPS) is 22.3. The second-order valence-electron chi connectivity index (χ2n) is 4.02. The lowest BCUT2D eigenvalue weighted by atomic mass is 10.0. The van der Waals surface area contributed by atoms with E-state index in [1.807, 2.05) is 0 Å². The first kappa shape index (κ1) is 10.3. The molecular formula is C7H12ClFO2S. The van der Waals surface area contributed by atoms with Crippen molar-refractivity contribution in [1.29, 1.82) is 0 Å². The molecule has 1 aliphatic rings. The van der Waals surface area contributed by atoms with Gasteiger partial charge < -0.3 is 0 Å². The van der Waals surface area contributed by atoms with E-state index in [1.165, 1.54) is 13.8 Å². The molecule has 5 heteroatoms. The molecule has 0 aromatic rings. The highest BCUT2D eigenvalue weighted by Crippen LogP contribution is 2.51. The summed E-state index contributed by atoms with van der Waals surface area (Å²) in [4.78, 5) is 0. The Hall–Kier alpha value is 0.170. The fourth-order valence-electron chi connectivity index (χ4n) is 1.41. The SMILES string of the molecule is CC(C)(F)CC1(S(=O)(=O)Cl)CC1. The van der Waals surface area contributed by atoms with Crippen LogP contribution in [-0.2, 0) is 9.05 Å². The zero-order valence-electron chi connectivity index (χ0n) is 7.10. The quantitative estimate of drug-likeness (QED) is 0.676. The molecule has 72 valence electrons. The Labute approximate surface area is 76.5 Å². The third-order valence-corrected chi connectivity index (χ3v) is 4.64. The number of halogens is 2. The Morgan fingerprint density at radius 2 is 1.92 bits per heavy atom. The van der Waals surface area contributed by atoms with E-state index in [2.05, 4.69) is 0 Å². The van der Waals surface area contributed by atoms with Crippen molar-refractivity contribution >= 4 is 19.7 Å². The second-order valence-corrected chi connectivity index (χ2v) is 6.98. The van der Waals surface area contributed by atoms with Gasteiger partial charge in [0.05, 0.1) is 4.75 Å². The molecule has 0 bridgehead atoms. The first-order valence-corrected chi connectivity index (χ1v) is 6.10. The molecule has 2 nitrogen and oxygen atoms in total. The van der Waals surface area contributed by atoms with Crippen LogP contribution in [0.15, 0.2) is 0 Å². The summed E-state index contributed by atoms with van der Waals surface area (Å²) in [5, 5.41) is 0. The minimum Gasteiger partial charge on any atom is -0.244 e. The molecular weight excluding hydrogens is 203 g/mol. The van der Waals surface area contributed by atoms with Crippen molar-refractivity contribution in [1.82, 2.24) is 0 Å². The van der Waals surface area contributed by atoms with Gasteiger partial charge in [-0.25, -0.2) is 12.8 Å². The van der Waals surface area contributed by atoms with Crippen LogP contribution in [0.2, 0.25) is 0 Å². The van der Waals surface area contributed by atoms with Crippen LogP contribution in [-0.4, -0.2) is 18.8 Å². The minimum absolute atomic E-state index is 0.00579. The molecule has 12 heavy (non-hydrogen) atoms. The molecule has 0 aliphatic heterocycles. The monoisotopic (exact) mass is 214 g/mol. The van der Waals surface area contributed by atoms with Crippen LogP contribution in [0.25, 0.3) is 0 Å². The Morgan fingerprint density at radius 1 is 1.50 bits per heavy atom. The van der Waals surface area contributed by atoms with Gasteiger partial charge in [0.25, 0.3) is 0 Å². The molecule has 0 unspecified atom stereocenters. The molecule has 0 spiro atoms. The maximum Gasteiger partial charge on any atom is 0.238 e. The first-order valence-electron chi connectivity index (χ1n) is 3.79. The summed E-state index contributed by atoms with van der Waals surface area (Å²) < 4.78 is 34.2. The lowest BCUT2D eigenvalue weighted by Crippen LogP contribution is -2.28. The van der Waals surface area contributed by atoms with Crippen LogP contribution < -0.4 is 0 Å². The Morgan fingerprint density at radius 3 is 2.00 bits per heavy atom. The summed E-state index contributed by atoms with van der Waals surface area (Å²) in [5.41, 5.74) is -1.46. The van der Waals surface area contributed by atoms with Gasteiger partial charge in [0, 0.05) is 17.1 Å². The van der Waals surface area contributed by atoms with Crippen LogP contribution in [0.5, 0.6) is 0 Å². The van der Waals surface area contributed by atoms with Gasteiger partial charge in [0.1, 0.15) is 5.67 Å². The minimum atomic E-state index is -3.59. The van der Waals surface area contributed by atoms with Crippen molar-refractivity contribution in [3.8, 4) is 0 Å². The summed E-state index contributed by atoms with van der Waals surface area (Å²) in [5.74, 6) is 0. The number of hydrogen-bond donors (Lipinski definition) is 0. The Bertz CT molecular complexity index is 274. The van der Waals surface area contributed by atoms with Crippen molar-refractivity contribution < 1.29 is 12.8 Å². The van der Waals surface area contributed by atoms with Crippen LogP contribution in [0.1, 0.15) is 33.1 Å². The van der Waals surface area contributed by atoms with Crippen LogP contribution in [0, 0.1) is 0 Å². The predicted molar refractivity (Wildman–Crippen MR) is 46.5 cm³/mol. The molecule has 0 atom stereocenters. The van der Waals surface area contributed by atoms with Gasteiger partial charge in [0.2, 0.25) is 9.05 Å². The highest BCUT2D eigenvalue weighted by Gasteiger charge is 2.56. The van der Waals surface area contributed by atoms with E-state index in [-0.39, 0.29) is 6.42 Å². The summed E-state index contributed by atoms with van der Waals surface area (Å²) in [6.07, 6.45) is 0.990. The van der Waals surface area contributed by atoms with Crippen molar-refractivity contribution in [2.24, 2.45) is 0 Å². The summed E-state index contributed by atoms with van der Waals surface area (Å²) in [6, 6.07) is 0. The first-order chi connectivity index (χ1) is 5.16. The number of hydrogen-bond acceptors (Lipinski definition) is 2. The highest BCUT2D eigenvalue weighted by molar-refractivity contribution is 8.15. The number of alkyl halides is 1. The van der Waals surface area contributed by atoms with E-state index in [0.717, 1.165) is 0 Å². The van der Waals surface area contributed by atoms with E-state index in [0.29, 0.717) is 12.8 Å². The van der Waals surface area contributed by atoms with Crippen LogP contribution in [0.3, 0.4) is 0 Å². The van der Waals surface area contributed by atoms with Gasteiger partial charge in [-0.05, 0) is 26.7 Å². The maximum absolute atomic E-state index is 13.1. The van der Waals surface area contributed by atoms with E-state index >= 15 is 0 Å². The van der Waals surface area contributed by atoms with Gasteiger partial charge in [-0.3, -0.25) is 0 Å². The van der Waals surface area contributed by atoms with Crippen molar-refractivity contribution in [2.45, 2.75) is 43.5 Å². The molecule has 1 rings (SSSR count). The van der Waals surface area contributed by atoms with Gasteiger partial charge >= 0.3 is 0 Å². The van der Waals surface area contributed by atoms with Gasteiger partial charge in [-0.2, -0.15) is 0 Å². The molecule has 0 heterocycles. The molecule has 0 N–H and O–H groups in total. The smallest absolute Gasteiger partial charge is 0.238 e. The molecule has 0 aromatic heterocycles. The van der Waals surface area contributed by atoms with Gasteiger partial charge in [-0.15, -0.1) is 0 Å². The summed E-state index contributed by atoms with van der Waals surface area (Å²) in [6.45, 7) is 2.74. The highest BCUT2D eigenvalue weighted by atomic mass is 35.7. The van der Waals surface area contributed by atoms with Crippen molar-refractivity contribution in [2.75, 3.05) is 0 Å². The third kappa shape index (κ3) is 2.10. The molecule has 1 fully saturated rings. The fraction of sp³-hybridized carbons (Fsp3) is 1.00. The second kappa shape index (κ2) is 2.58. The lowest BCUT2D eigenvalue weighted by Gasteiger charge is -2.19. The largest absolute Gasteiger partial charge is 0.244 e. The standard InChI is InChI=1S/C7H12ClFO2S/c1-6(2,9)5-7(3-4-7)12(8,10)11/h3-5H2,1-2H3. The molecule has 0 aromatic carbocycles. The van der Waals surface area contributed by atoms with Gasteiger partial charge in [-0.1, -0.05) is 0 Å². The zero-order valence-corrected chi connectivity index (χ0v) is 8.67. The van der Waals surface area contributed by atoms with E-state index in [1.54, 1.807) is 0 Å². The average molecular weight is 215 g/mol. The van der Waals surface area contributed by atoms with Gasteiger partial charge in [0.15, 0.2) is 0 Å². The Balaban J connectivity index is 2.77. The average Bonchev–Trinajstić information content (AvgIpc) is 2.39. The summed E-state index contributed by atoms with van der Waals surface area (Å²) >= 11 is 0.